The zero-order valence-corrected chi connectivity index (χ0v) is 22.1. The Balaban J connectivity index is 1.33. The van der Waals surface area contributed by atoms with E-state index >= 15 is 0 Å². The minimum atomic E-state index is -1.20. The Kier molecular flexibility index (Phi) is 8.47. The van der Waals surface area contributed by atoms with Crippen LogP contribution in [0.2, 0.25) is 0 Å². The first kappa shape index (κ1) is 27.4. The number of carbonyl (C=O) groups excluding carboxylic acids is 1. The molecule has 4 aromatic rings. The molecule has 0 bridgehead atoms. The number of ether oxygens (including phenoxy) is 3. The summed E-state index contributed by atoms with van der Waals surface area (Å²) >= 11 is 0. The second kappa shape index (κ2) is 12.4. The normalized spacial score (nSPS) is 22.2. The molecule has 40 heavy (non-hydrogen) atoms. The topological polar surface area (TPSA) is 112 Å². The van der Waals surface area contributed by atoms with Crippen molar-refractivity contribution in [3.63, 3.8) is 0 Å². The minimum absolute atomic E-state index is 0.0911. The van der Waals surface area contributed by atoms with Crippen molar-refractivity contribution in [3.05, 3.63) is 130 Å². The summed E-state index contributed by atoms with van der Waals surface area (Å²) in [6.45, 7) is 2.50. The molecule has 0 spiro atoms. The van der Waals surface area contributed by atoms with E-state index in [0.717, 1.165) is 11.1 Å². The van der Waals surface area contributed by atoms with E-state index in [0.29, 0.717) is 12.2 Å². The molecule has 0 radical (unpaired) electrons. The SMILES string of the molecule is C[C@]1(COCc2ccccc2)O[C@@H](n2ccc(NC(=O)c3ccccc3)nc2=O)[C@@H](O)[C@@H]1OCc1ccccc1. The third kappa shape index (κ3) is 6.35. The van der Waals surface area contributed by atoms with Crippen LogP contribution in [-0.2, 0) is 27.4 Å². The molecule has 1 saturated heterocycles. The van der Waals surface area contributed by atoms with Crippen molar-refractivity contribution in [1.82, 2.24) is 9.55 Å². The van der Waals surface area contributed by atoms with Crippen molar-refractivity contribution < 1.29 is 24.1 Å². The molecule has 0 saturated carbocycles. The van der Waals surface area contributed by atoms with Crippen LogP contribution in [-0.4, -0.2) is 45.0 Å². The lowest BCUT2D eigenvalue weighted by Crippen LogP contribution is -2.46. The number of hydrogen-bond acceptors (Lipinski definition) is 7. The van der Waals surface area contributed by atoms with Gasteiger partial charge in [-0.1, -0.05) is 78.9 Å². The maximum Gasteiger partial charge on any atom is 0.351 e. The van der Waals surface area contributed by atoms with Gasteiger partial charge in [-0.05, 0) is 36.2 Å². The quantitative estimate of drug-likeness (QED) is 0.313. The number of aliphatic hydroxyl groups excluding tert-OH is 1. The molecule has 1 fully saturated rings. The fraction of sp³-hybridized carbons (Fsp3) is 0.258. The summed E-state index contributed by atoms with van der Waals surface area (Å²) in [7, 11) is 0. The van der Waals surface area contributed by atoms with Crippen molar-refractivity contribution in [2.24, 2.45) is 0 Å². The van der Waals surface area contributed by atoms with Crippen LogP contribution >= 0.6 is 0 Å². The summed E-state index contributed by atoms with van der Waals surface area (Å²) in [6, 6.07) is 29.4. The van der Waals surface area contributed by atoms with Gasteiger partial charge in [0.25, 0.3) is 5.91 Å². The van der Waals surface area contributed by atoms with Crippen LogP contribution in [0.1, 0.15) is 34.6 Å². The van der Waals surface area contributed by atoms with Gasteiger partial charge in [-0.2, -0.15) is 4.98 Å². The van der Waals surface area contributed by atoms with Crippen molar-refractivity contribution in [3.8, 4) is 0 Å². The highest BCUT2D eigenvalue weighted by Crippen LogP contribution is 2.39. The molecule has 5 rings (SSSR count). The van der Waals surface area contributed by atoms with Crippen molar-refractivity contribution in [2.45, 2.75) is 44.2 Å². The molecule has 1 amide bonds. The van der Waals surface area contributed by atoms with Crippen LogP contribution in [0.4, 0.5) is 5.82 Å². The number of amides is 1. The van der Waals surface area contributed by atoms with Crippen LogP contribution in [0.15, 0.2) is 108 Å². The van der Waals surface area contributed by atoms with Crippen molar-refractivity contribution >= 4 is 11.7 Å². The third-order valence-electron chi connectivity index (χ3n) is 6.75. The lowest BCUT2D eigenvalue weighted by Gasteiger charge is -2.30. The molecular weight excluding hydrogens is 510 g/mol. The molecule has 2 N–H and O–H groups in total. The molecule has 206 valence electrons. The van der Waals surface area contributed by atoms with Gasteiger partial charge in [0.05, 0.1) is 19.8 Å². The zero-order chi connectivity index (χ0) is 28.0. The van der Waals surface area contributed by atoms with E-state index in [1.54, 1.807) is 37.3 Å². The highest BCUT2D eigenvalue weighted by atomic mass is 16.6. The third-order valence-corrected chi connectivity index (χ3v) is 6.75. The number of rotatable bonds is 10. The predicted octanol–water partition coefficient (Wildman–Crippen LogP) is 3.95. The number of benzene rings is 3. The summed E-state index contributed by atoms with van der Waals surface area (Å²) in [4.78, 5) is 29.5. The van der Waals surface area contributed by atoms with E-state index in [1.165, 1.54) is 16.8 Å². The molecule has 9 nitrogen and oxygen atoms in total. The molecule has 1 aliphatic heterocycles. The van der Waals surface area contributed by atoms with Crippen molar-refractivity contribution in [1.29, 1.82) is 0 Å². The van der Waals surface area contributed by atoms with Gasteiger partial charge in [0.15, 0.2) is 6.23 Å². The van der Waals surface area contributed by atoms with Gasteiger partial charge in [-0.3, -0.25) is 9.36 Å². The average Bonchev–Trinajstić information content (AvgIpc) is 3.22. The number of nitrogens with one attached hydrogen (secondary N) is 1. The number of aromatic nitrogens is 2. The maximum absolute atomic E-state index is 13.0. The zero-order valence-electron chi connectivity index (χ0n) is 22.1. The molecule has 1 aromatic heterocycles. The number of aliphatic hydroxyl groups is 1. The largest absolute Gasteiger partial charge is 0.386 e. The molecule has 2 heterocycles. The first-order valence-corrected chi connectivity index (χ1v) is 13.0. The van der Waals surface area contributed by atoms with Gasteiger partial charge >= 0.3 is 5.69 Å². The van der Waals surface area contributed by atoms with E-state index in [1.807, 2.05) is 60.7 Å². The molecule has 9 heteroatoms. The number of nitrogens with zero attached hydrogens (tertiary/aromatic N) is 2. The minimum Gasteiger partial charge on any atom is -0.386 e. The monoisotopic (exact) mass is 541 g/mol. The lowest BCUT2D eigenvalue weighted by molar-refractivity contribution is -0.147. The standard InChI is InChI=1S/C31H31N3O6/c1-31(21-38-19-22-11-5-2-6-12-22)27(39-20-23-13-7-3-8-14-23)26(35)29(40-31)34-18-17-25(33-30(34)37)32-28(36)24-15-9-4-10-16-24/h2-18,26-27,29,35H,19-21H2,1H3,(H,32,33,36,37)/t26-,27-,29+,31+/m0/s1. The first-order valence-electron chi connectivity index (χ1n) is 13.0. The fourth-order valence-electron chi connectivity index (χ4n) is 4.70. The summed E-state index contributed by atoms with van der Waals surface area (Å²) in [6.07, 6.45) is -1.64. The second-order valence-corrected chi connectivity index (χ2v) is 9.83. The van der Waals surface area contributed by atoms with Gasteiger partial charge in [0.2, 0.25) is 0 Å². The molecule has 4 atom stereocenters. The second-order valence-electron chi connectivity index (χ2n) is 9.83. The Labute approximate surface area is 232 Å². The number of hydrogen-bond donors (Lipinski definition) is 2. The van der Waals surface area contributed by atoms with E-state index < -0.39 is 29.7 Å². The summed E-state index contributed by atoms with van der Waals surface area (Å²) in [5.41, 5.74) is 0.603. The Hall–Kier alpha value is -4.15. The van der Waals surface area contributed by atoms with Gasteiger partial charge < -0.3 is 24.6 Å². The van der Waals surface area contributed by atoms with Gasteiger partial charge in [0.1, 0.15) is 23.6 Å². The van der Waals surface area contributed by atoms with Crippen LogP contribution in [0.3, 0.4) is 0 Å². The van der Waals surface area contributed by atoms with Gasteiger partial charge in [-0.25, -0.2) is 4.79 Å². The lowest BCUT2D eigenvalue weighted by atomic mass is 9.98. The fourth-order valence-corrected chi connectivity index (χ4v) is 4.70. The average molecular weight is 542 g/mol. The van der Waals surface area contributed by atoms with E-state index in [2.05, 4.69) is 10.3 Å². The van der Waals surface area contributed by atoms with Crippen LogP contribution < -0.4 is 11.0 Å². The van der Waals surface area contributed by atoms with Crippen LogP contribution in [0.25, 0.3) is 0 Å². The molecule has 0 aliphatic carbocycles. The Bertz CT molecular complexity index is 1460. The number of anilines is 1. The van der Waals surface area contributed by atoms with E-state index in [4.69, 9.17) is 14.2 Å². The Morgan fingerprint density at radius 1 is 0.950 bits per heavy atom. The van der Waals surface area contributed by atoms with Gasteiger partial charge in [0, 0.05) is 11.8 Å². The molecule has 0 unspecified atom stereocenters. The first-order chi connectivity index (χ1) is 19.4. The predicted molar refractivity (Wildman–Crippen MR) is 149 cm³/mol. The van der Waals surface area contributed by atoms with Gasteiger partial charge in [-0.15, -0.1) is 0 Å². The van der Waals surface area contributed by atoms with Crippen LogP contribution in [0.5, 0.6) is 0 Å². The molecule has 3 aromatic carbocycles. The summed E-state index contributed by atoms with van der Waals surface area (Å²) in [5.74, 6) is -0.298. The Morgan fingerprint density at radius 2 is 1.55 bits per heavy atom. The van der Waals surface area contributed by atoms with Crippen LogP contribution in [0, 0.1) is 0 Å². The molecule has 1 aliphatic rings. The number of carbonyl (C=O) groups is 1. The summed E-state index contributed by atoms with van der Waals surface area (Å²) in [5, 5.41) is 14.0. The highest BCUT2D eigenvalue weighted by Gasteiger charge is 2.54. The van der Waals surface area contributed by atoms with Crippen molar-refractivity contribution in [2.75, 3.05) is 11.9 Å². The smallest absolute Gasteiger partial charge is 0.351 e. The summed E-state index contributed by atoms with van der Waals surface area (Å²) < 4.78 is 19.7. The highest BCUT2D eigenvalue weighted by molar-refractivity contribution is 6.03. The van der Waals surface area contributed by atoms with E-state index in [-0.39, 0.29) is 24.9 Å². The maximum atomic E-state index is 13.0. The molecular formula is C31H31N3O6. The Morgan fingerprint density at radius 3 is 2.17 bits per heavy atom. The van der Waals surface area contributed by atoms with E-state index in [9.17, 15) is 14.7 Å².